The molecule has 0 aliphatic rings. The van der Waals surface area contributed by atoms with Crippen LogP contribution in [0.15, 0.2) is 0 Å². The third-order valence-corrected chi connectivity index (χ3v) is 1.13. The Morgan fingerprint density at radius 3 is 2.22 bits per heavy atom. The van der Waals surface area contributed by atoms with Crippen molar-refractivity contribution in [1.29, 1.82) is 0 Å². The highest BCUT2D eigenvalue weighted by atomic mass is 16.5. The van der Waals surface area contributed by atoms with Crippen LogP contribution in [-0.4, -0.2) is 26.4 Å². The SMILES string of the molecule is [C]#CC(C)(COC)OC. The second-order valence-corrected chi connectivity index (χ2v) is 1.99. The summed E-state index contributed by atoms with van der Waals surface area (Å²) >= 11 is 0. The summed E-state index contributed by atoms with van der Waals surface area (Å²) in [4.78, 5) is 0. The Hall–Kier alpha value is -0.520. The van der Waals surface area contributed by atoms with Gasteiger partial charge in [0.1, 0.15) is 5.60 Å². The van der Waals surface area contributed by atoms with Gasteiger partial charge in [0.15, 0.2) is 0 Å². The molecule has 0 heterocycles. The maximum absolute atomic E-state index is 6.80. The first kappa shape index (κ1) is 8.48. The van der Waals surface area contributed by atoms with Crippen LogP contribution in [0.25, 0.3) is 0 Å². The number of hydrogen-bond acceptors (Lipinski definition) is 2. The minimum Gasteiger partial charge on any atom is -0.381 e. The Kier molecular flexibility index (Phi) is 3.29. The fourth-order valence-corrected chi connectivity index (χ4v) is 0.421. The summed E-state index contributed by atoms with van der Waals surface area (Å²) in [5, 5.41) is 0. The zero-order valence-corrected chi connectivity index (χ0v) is 6.02. The van der Waals surface area contributed by atoms with Gasteiger partial charge in [-0.05, 0) is 13.3 Å². The van der Waals surface area contributed by atoms with E-state index in [9.17, 15) is 0 Å². The van der Waals surface area contributed by atoms with Gasteiger partial charge in [0.25, 0.3) is 0 Å². The molecule has 51 valence electrons. The summed E-state index contributed by atoms with van der Waals surface area (Å²) < 4.78 is 9.68. The largest absolute Gasteiger partial charge is 0.381 e. The van der Waals surface area contributed by atoms with Crippen LogP contribution < -0.4 is 0 Å². The van der Waals surface area contributed by atoms with E-state index < -0.39 is 5.60 Å². The molecule has 0 spiro atoms. The van der Waals surface area contributed by atoms with Gasteiger partial charge in [0, 0.05) is 14.2 Å². The minimum atomic E-state index is -0.672. The van der Waals surface area contributed by atoms with Crippen molar-refractivity contribution >= 4 is 0 Å². The molecule has 9 heavy (non-hydrogen) atoms. The van der Waals surface area contributed by atoms with Crippen LogP contribution in [-0.2, 0) is 9.47 Å². The van der Waals surface area contributed by atoms with Crippen LogP contribution in [0.3, 0.4) is 0 Å². The molecule has 0 rings (SSSR count). The van der Waals surface area contributed by atoms with E-state index in [1.165, 1.54) is 7.11 Å². The van der Waals surface area contributed by atoms with Gasteiger partial charge in [-0.25, -0.2) is 0 Å². The molecule has 1 unspecified atom stereocenters. The summed E-state index contributed by atoms with van der Waals surface area (Å²) in [5.41, 5.74) is -0.672. The normalized spacial score (nSPS) is 16.2. The second kappa shape index (κ2) is 3.49. The third-order valence-electron chi connectivity index (χ3n) is 1.13. The molecule has 0 saturated heterocycles. The predicted octanol–water partition coefficient (Wildman–Crippen LogP) is 0.628. The highest BCUT2D eigenvalue weighted by molar-refractivity contribution is 5.01. The van der Waals surface area contributed by atoms with Crippen LogP contribution >= 0.6 is 0 Å². The number of methoxy groups -OCH3 is 2. The molecule has 1 radical (unpaired) electrons. The van der Waals surface area contributed by atoms with E-state index in [0.717, 1.165) is 0 Å². The van der Waals surface area contributed by atoms with Gasteiger partial charge >= 0.3 is 0 Å². The van der Waals surface area contributed by atoms with E-state index in [1.807, 2.05) is 0 Å². The Labute approximate surface area is 56.2 Å². The van der Waals surface area contributed by atoms with Crippen molar-refractivity contribution in [3.05, 3.63) is 6.42 Å². The standard InChI is InChI=1S/C7H11O2/c1-5-7(2,9-4)6-8-3/h6H2,2-4H3. The summed E-state index contributed by atoms with van der Waals surface area (Å²) in [5.74, 6) is 2.23. The minimum absolute atomic E-state index is 0.368. The molecule has 0 N–H and O–H groups in total. The molecule has 0 aromatic heterocycles. The molecule has 0 aromatic carbocycles. The van der Waals surface area contributed by atoms with Gasteiger partial charge in [-0.1, -0.05) is 5.92 Å². The van der Waals surface area contributed by atoms with Crippen molar-refractivity contribution in [2.45, 2.75) is 12.5 Å². The molecule has 2 nitrogen and oxygen atoms in total. The van der Waals surface area contributed by atoms with E-state index in [-0.39, 0.29) is 0 Å². The average molecular weight is 127 g/mol. The molecular formula is C7H11O2. The maximum Gasteiger partial charge on any atom is 0.149 e. The highest BCUT2D eigenvalue weighted by Gasteiger charge is 2.19. The van der Waals surface area contributed by atoms with E-state index in [1.54, 1.807) is 14.0 Å². The van der Waals surface area contributed by atoms with Crippen molar-refractivity contribution < 1.29 is 9.47 Å². The van der Waals surface area contributed by atoms with Crippen molar-refractivity contribution in [2.75, 3.05) is 20.8 Å². The summed E-state index contributed by atoms with van der Waals surface area (Å²) in [6.45, 7) is 2.11. The lowest BCUT2D eigenvalue weighted by atomic mass is 10.1. The van der Waals surface area contributed by atoms with Gasteiger partial charge in [-0.15, -0.1) is 0 Å². The number of hydrogen-bond donors (Lipinski definition) is 0. The highest BCUT2D eigenvalue weighted by Crippen LogP contribution is 2.05. The fourth-order valence-electron chi connectivity index (χ4n) is 0.421. The van der Waals surface area contributed by atoms with Crippen LogP contribution in [0.2, 0.25) is 0 Å². The Bertz CT molecular complexity index is 115. The zero-order chi connectivity index (χ0) is 7.33. The lowest BCUT2D eigenvalue weighted by Gasteiger charge is -2.19. The van der Waals surface area contributed by atoms with E-state index in [0.29, 0.717) is 6.61 Å². The number of ether oxygens (including phenoxy) is 2. The molecule has 0 amide bonds. The summed E-state index contributed by atoms with van der Waals surface area (Å²) in [6, 6.07) is 0. The molecule has 0 fully saturated rings. The molecule has 0 saturated carbocycles. The van der Waals surface area contributed by atoms with E-state index >= 15 is 0 Å². The molecule has 1 atom stereocenters. The van der Waals surface area contributed by atoms with Gasteiger partial charge < -0.3 is 9.47 Å². The fraction of sp³-hybridized carbons (Fsp3) is 0.714. The van der Waals surface area contributed by atoms with Crippen LogP contribution in [0.4, 0.5) is 0 Å². The molecule has 0 bridgehead atoms. The molecule has 0 aliphatic heterocycles. The summed E-state index contributed by atoms with van der Waals surface area (Å²) in [7, 11) is 3.09. The van der Waals surface area contributed by atoms with Crippen LogP contribution in [0, 0.1) is 12.3 Å². The molecule has 2 heteroatoms. The second-order valence-electron chi connectivity index (χ2n) is 1.99. The topological polar surface area (TPSA) is 18.5 Å². The smallest absolute Gasteiger partial charge is 0.149 e. The predicted molar refractivity (Wildman–Crippen MR) is 34.4 cm³/mol. The van der Waals surface area contributed by atoms with Gasteiger partial charge in [0.05, 0.1) is 6.61 Å². The van der Waals surface area contributed by atoms with Crippen molar-refractivity contribution in [3.63, 3.8) is 0 Å². The monoisotopic (exact) mass is 127 g/mol. The lowest BCUT2D eigenvalue weighted by molar-refractivity contribution is -0.00899. The van der Waals surface area contributed by atoms with Crippen molar-refractivity contribution in [3.8, 4) is 5.92 Å². The Morgan fingerprint density at radius 2 is 2.11 bits per heavy atom. The van der Waals surface area contributed by atoms with Crippen LogP contribution in [0.1, 0.15) is 6.92 Å². The van der Waals surface area contributed by atoms with Gasteiger partial charge in [0.2, 0.25) is 0 Å². The molecule has 0 aromatic rings. The maximum atomic E-state index is 6.80. The third kappa shape index (κ3) is 2.50. The number of rotatable bonds is 3. The van der Waals surface area contributed by atoms with Gasteiger partial charge in [-0.3, -0.25) is 0 Å². The van der Waals surface area contributed by atoms with Crippen molar-refractivity contribution in [1.82, 2.24) is 0 Å². The molecular weight excluding hydrogens is 116 g/mol. The van der Waals surface area contributed by atoms with Crippen LogP contribution in [0.5, 0.6) is 0 Å². The molecule has 0 aliphatic carbocycles. The quantitative estimate of drug-likeness (QED) is 0.518. The summed E-state index contributed by atoms with van der Waals surface area (Å²) in [6.07, 6.45) is 6.80. The first-order valence-electron chi connectivity index (χ1n) is 2.66. The van der Waals surface area contributed by atoms with Crippen molar-refractivity contribution in [2.24, 2.45) is 0 Å². The lowest BCUT2D eigenvalue weighted by Crippen LogP contribution is -2.30. The first-order valence-corrected chi connectivity index (χ1v) is 2.66. The van der Waals surface area contributed by atoms with Gasteiger partial charge in [-0.2, -0.15) is 0 Å². The Morgan fingerprint density at radius 1 is 1.56 bits per heavy atom. The first-order chi connectivity index (χ1) is 4.18. The Balaban J connectivity index is 3.81. The zero-order valence-electron chi connectivity index (χ0n) is 6.02. The van der Waals surface area contributed by atoms with E-state index in [2.05, 4.69) is 5.92 Å². The van der Waals surface area contributed by atoms with E-state index in [4.69, 9.17) is 15.9 Å². The average Bonchev–Trinajstić information content (AvgIpc) is 1.89.